The fourth-order valence-electron chi connectivity index (χ4n) is 2.10. The van der Waals surface area contributed by atoms with Gasteiger partial charge in [-0.2, -0.15) is 0 Å². The van der Waals surface area contributed by atoms with E-state index in [1.807, 2.05) is 19.2 Å². The molecule has 2 rings (SSSR count). The number of nitrogens with zero attached hydrogens (tertiary/aromatic N) is 1. The lowest BCUT2D eigenvalue weighted by atomic mass is 9.99. The second-order valence-corrected chi connectivity index (χ2v) is 5.52. The average Bonchev–Trinajstić information content (AvgIpc) is 2.39. The second kappa shape index (κ2) is 5.91. The summed E-state index contributed by atoms with van der Waals surface area (Å²) in [6.07, 6.45) is 1.86. The van der Waals surface area contributed by atoms with Gasteiger partial charge in [0.1, 0.15) is 5.75 Å². The van der Waals surface area contributed by atoms with Gasteiger partial charge in [0.25, 0.3) is 0 Å². The number of rotatable bonds is 3. The summed E-state index contributed by atoms with van der Waals surface area (Å²) < 4.78 is 0. The van der Waals surface area contributed by atoms with Crippen LogP contribution in [-0.4, -0.2) is 11.3 Å². The zero-order chi connectivity index (χ0) is 14.7. The van der Waals surface area contributed by atoms with Crippen LogP contribution in [0, 0.1) is 13.8 Å². The number of phenolic OH excluding ortho intramolecular Hbond substituents is 1. The number of hydrogen-bond donors (Lipinski definition) is 1. The number of benzene rings is 2. The number of hydrogen-bond acceptors (Lipinski definition) is 2. The SMILES string of the molecule is Cc1ccc(C=Nc2cc(C(C)C)c(O)cc2C)cc1. The molecule has 0 radical (unpaired) electrons. The number of phenols is 1. The van der Waals surface area contributed by atoms with Crippen molar-refractivity contribution < 1.29 is 5.11 Å². The summed E-state index contributed by atoms with van der Waals surface area (Å²) in [5, 5.41) is 9.95. The first kappa shape index (κ1) is 14.3. The van der Waals surface area contributed by atoms with Crippen molar-refractivity contribution in [1.29, 1.82) is 0 Å². The molecule has 0 fully saturated rings. The lowest BCUT2D eigenvalue weighted by molar-refractivity contribution is 0.464. The monoisotopic (exact) mass is 267 g/mol. The molecule has 0 amide bonds. The van der Waals surface area contributed by atoms with Crippen molar-refractivity contribution in [2.24, 2.45) is 4.99 Å². The van der Waals surface area contributed by atoms with E-state index in [2.05, 4.69) is 50.0 Å². The molecule has 0 aromatic heterocycles. The standard InChI is InChI=1S/C18H21NO/c1-12(2)16-10-17(14(4)9-18(16)20)19-11-15-7-5-13(3)6-8-15/h5-12,20H,1-4H3. The molecule has 2 nitrogen and oxygen atoms in total. The lowest BCUT2D eigenvalue weighted by Crippen LogP contribution is -1.90. The molecular formula is C18H21NO. The van der Waals surface area contributed by atoms with Crippen molar-refractivity contribution >= 4 is 11.9 Å². The van der Waals surface area contributed by atoms with E-state index >= 15 is 0 Å². The maximum atomic E-state index is 9.95. The molecule has 0 saturated carbocycles. The van der Waals surface area contributed by atoms with Crippen LogP contribution in [0.2, 0.25) is 0 Å². The smallest absolute Gasteiger partial charge is 0.119 e. The third kappa shape index (κ3) is 3.27. The van der Waals surface area contributed by atoms with Crippen LogP contribution in [0.4, 0.5) is 5.69 Å². The normalized spacial score (nSPS) is 11.4. The van der Waals surface area contributed by atoms with Gasteiger partial charge in [0.05, 0.1) is 5.69 Å². The van der Waals surface area contributed by atoms with E-state index in [0.717, 1.165) is 22.4 Å². The molecule has 2 heteroatoms. The van der Waals surface area contributed by atoms with Gasteiger partial charge in [-0.1, -0.05) is 43.7 Å². The van der Waals surface area contributed by atoms with Crippen LogP contribution < -0.4 is 0 Å². The molecular weight excluding hydrogens is 246 g/mol. The molecule has 20 heavy (non-hydrogen) atoms. The Morgan fingerprint density at radius 1 is 1.05 bits per heavy atom. The van der Waals surface area contributed by atoms with E-state index < -0.39 is 0 Å². The molecule has 0 unspecified atom stereocenters. The lowest BCUT2D eigenvalue weighted by Gasteiger charge is -2.11. The van der Waals surface area contributed by atoms with Crippen molar-refractivity contribution in [3.63, 3.8) is 0 Å². The molecule has 1 N–H and O–H groups in total. The van der Waals surface area contributed by atoms with E-state index in [1.54, 1.807) is 6.07 Å². The van der Waals surface area contributed by atoms with Gasteiger partial charge in [0, 0.05) is 6.21 Å². The third-order valence-corrected chi connectivity index (χ3v) is 3.40. The Hall–Kier alpha value is -2.09. The first-order valence-electron chi connectivity index (χ1n) is 6.91. The number of aliphatic imine (C=N–C) groups is 1. The summed E-state index contributed by atoms with van der Waals surface area (Å²) >= 11 is 0. The summed E-state index contributed by atoms with van der Waals surface area (Å²) in [6.45, 7) is 8.17. The molecule has 0 atom stereocenters. The van der Waals surface area contributed by atoms with E-state index in [4.69, 9.17) is 0 Å². The zero-order valence-corrected chi connectivity index (χ0v) is 12.5. The Labute approximate surface area is 120 Å². The van der Waals surface area contributed by atoms with Crippen molar-refractivity contribution in [2.75, 3.05) is 0 Å². The van der Waals surface area contributed by atoms with Gasteiger partial charge in [-0.15, -0.1) is 0 Å². The number of aryl methyl sites for hydroxylation is 2. The van der Waals surface area contributed by atoms with Crippen LogP contribution in [0.3, 0.4) is 0 Å². The highest BCUT2D eigenvalue weighted by atomic mass is 16.3. The van der Waals surface area contributed by atoms with Gasteiger partial charge in [-0.25, -0.2) is 0 Å². The van der Waals surface area contributed by atoms with Crippen molar-refractivity contribution in [3.8, 4) is 5.75 Å². The van der Waals surface area contributed by atoms with Crippen LogP contribution in [0.25, 0.3) is 0 Å². The average molecular weight is 267 g/mol. The Kier molecular flexibility index (Phi) is 4.23. The van der Waals surface area contributed by atoms with Crippen molar-refractivity contribution in [3.05, 3.63) is 58.7 Å². The van der Waals surface area contributed by atoms with E-state index in [9.17, 15) is 5.11 Å². The molecule has 2 aromatic carbocycles. The Morgan fingerprint density at radius 2 is 1.70 bits per heavy atom. The highest BCUT2D eigenvalue weighted by molar-refractivity contribution is 5.82. The molecule has 0 saturated heterocycles. The summed E-state index contributed by atoms with van der Waals surface area (Å²) in [6, 6.07) is 12.0. The van der Waals surface area contributed by atoms with E-state index in [-0.39, 0.29) is 5.92 Å². The Bertz CT molecular complexity index is 625. The zero-order valence-electron chi connectivity index (χ0n) is 12.5. The molecule has 2 aromatic rings. The third-order valence-electron chi connectivity index (χ3n) is 3.40. The van der Waals surface area contributed by atoms with Gasteiger partial charge < -0.3 is 5.11 Å². The van der Waals surface area contributed by atoms with Gasteiger partial charge in [-0.05, 0) is 48.6 Å². The molecule has 0 aliphatic rings. The molecule has 104 valence electrons. The first-order chi connectivity index (χ1) is 9.47. The summed E-state index contributed by atoms with van der Waals surface area (Å²) in [7, 11) is 0. The predicted octanol–water partition coefficient (Wildman–Crippen LogP) is 4.88. The van der Waals surface area contributed by atoms with Crippen LogP contribution >= 0.6 is 0 Å². The molecule has 0 aliphatic heterocycles. The molecule has 0 bridgehead atoms. The minimum absolute atomic E-state index is 0.281. The molecule has 0 aliphatic carbocycles. The quantitative estimate of drug-likeness (QED) is 0.789. The molecule has 0 spiro atoms. The van der Waals surface area contributed by atoms with Gasteiger partial charge >= 0.3 is 0 Å². The Balaban J connectivity index is 2.33. The van der Waals surface area contributed by atoms with Gasteiger partial charge in [-0.3, -0.25) is 4.99 Å². The van der Waals surface area contributed by atoms with Crippen molar-refractivity contribution in [1.82, 2.24) is 0 Å². The summed E-state index contributed by atoms with van der Waals surface area (Å²) in [4.78, 5) is 4.55. The van der Waals surface area contributed by atoms with Crippen LogP contribution in [0.15, 0.2) is 41.4 Å². The maximum absolute atomic E-state index is 9.95. The fourth-order valence-corrected chi connectivity index (χ4v) is 2.10. The highest BCUT2D eigenvalue weighted by Gasteiger charge is 2.09. The first-order valence-corrected chi connectivity index (χ1v) is 6.91. The highest BCUT2D eigenvalue weighted by Crippen LogP contribution is 2.32. The van der Waals surface area contributed by atoms with Crippen LogP contribution in [0.1, 0.15) is 42.0 Å². The number of aromatic hydroxyl groups is 1. The summed E-state index contributed by atoms with van der Waals surface area (Å²) in [5.41, 5.74) is 5.15. The Morgan fingerprint density at radius 3 is 2.30 bits per heavy atom. The van der Waals surface area contributed by atoms with Crippen LogP contribution in [0.5, 0.6) is 5.75 Å². The largest absolute Gasteiger partial charge is 0.508 e. The maximum Gasteiger partial charge on any atom is 0.119 e. The summed E-state index contributed by atoms with van der Waals surface area (Å²) in [5.74, 6) is 0.635. The van der Waals surface area contributed by atoms with E-state index in [0.29, 0.717) is 5.75 Å². The van der Waals surface area contributed by atoms with Gasteiger partial charge in [0.2, 0.25) is 0 Å². The van der Waals surface area contributed by atoms with Gasteiger partial charge in [0.15, 0.2) is 0 Å². The predicted molar refractivity (Wildman–Crippen MR) is 85.4 cm³/mol. The van der Waals surface area contributed by atoms with Crippen LogP contribution in [-0.2, 0) is 0 Å². The minimum atomic E-state index is 0.281. The van der Waals surface area contributed by atoms with E-state index in [1.165, 1.54) is 5.56 Å². The fraction of sp³-hybridized carbons (Fsp3) is 0.278. The molecule has 0 heterocycles. The topological polar surface area (TPSA) is 32.6 Å². The van der Waals surface area contributed by atoms with Crippen molar-refractivity contribution in [2.45, 2.75) is 33.6 Å². The minimum Gasteiger partial charge on any atom is -0.508 e. The second-order valence-electron chi connectivity index (χ2n) is 5.52.